The summed E-state index contributed by atoms with van der Waals surface area (Å²) in [5.74, 6) is 0. The van der Waals surface area contributed by atoms with Crippen LogP contribution in [0.25, 0.3) is 0 Å². The summed E-state index contributed by atoms with van der Waals surface area (Å²) in [6.45, 7) is 5.18. The van der Waals surface area contributed by atoms with Crippen LogP contribution < -0.4 is 4.72 Å². The summed E-state index contributed by atoms with van der Waals surface area (Å²) in [6, 6.07) is 1.69. The SMILES string of the molecule is CCc1nc(NS(=O)(=O)C(C)C#N)sc1C. The molecule has 1 unspecified atom stereocenters. The van der Waals surface area contributed by atoms with Crippen LogP contribution in [0.1, 0.15) is 24.4 Å². The van der Waals surface area contributed by atoms with Gasteiger partial charge < -0.3 is 0 Å². The van der Waals surface area contributed by atoms with Crippen molar-refractivity contribution in [3.63, 3.8) is 0 Å². The zero-order valence-electron chi connectivity index (χ0n) is 9.31. The van der Waals surface area contributed by atoms with E-state index in [0.29, 0.717) is 5.13 Å². The van der Waals surface area contributed by atoms with E-state index in [4.69, 9.17) is 5.26 Å². The summed E-state index contributed by atoms with van der Waals surface area (Å²) in [6.07, 6.45) is 0.762. The zero-order chi connectivity index (χ0) is 12.3. The van der Waals surface area contributed by atoms with Crippen LogP contribution in [0.15, 0.2) is 0 Å². The van der Waals surface area contributed by atoms with Gasteiger partial charge in [-0.15, -0.1) is 11.3 Å². The van der Waals surface area contributed by atoms with Crippen molar-refractivity contribution in [1.29, 1.82) is 5.26 Å². The Hall–Kier alpha value is -1.13. The monoisotopic (exact) mass is 259 g/mol. The Morgan fingerprint density at radius 1 is 1.62 bits per heavy atom. The third-order valence-electron chi connectivity index (χ3n) is 2.10. The summed E-state index contributed by atoms with van der Waals surface area (Å²) < 4.78 is 25.5. The first-order valence-electron chi connectivity index (χ1n) is 4.78. The van der Waals surface area contributed by atoms with Crippen LogP contribution >= 0.6 is 11.3 Å². The van der Waals surface area contributed by atoms with Crippen LogP contribution in [0.5, 0.6) is 0 Å². The number of nitrogens with zero attached hydrogens (tertiary/aromatic N) is 2. The molecular formula is C9H13N3O2S2. The van der Waals surface area contributed by atoms with Gasteiger partial charge in [0, 0.05) is 4.88 Å². The molecule has 1 aromatic heterocycles. The summed E-state index contributed by atoms with van der Waals surface area (Å²) >= 11 is 1.28. The molecule has 1 N–H and O–H groups in total. The summed E-state index contributed by atoms with van der Waals surface area (Å²) in [5.41, 5.74) is 0.882. The molecule has 0 amide bonds. The Morgan fingerprint density at radius 2 is 2.25 bits per heavy atom. The molecule has 0 saturated heterocycles. The molecule has 0 bridgehead atoms. The number of anilines is 1. The standard InChI is InChI=1S/C9H13N3O2S2/c1-4-8-7(3)15-9(11-8)12-16(13,14)6(2)5-10/h6H,4H2,1-3H3,(H,11,12). The molecule has 1 heterocycles. The maximum atomic E-state index is 11.6. The molecule has 16 heavy (non-hydrogen) atoms. The predicted molar refractivity (Wildman–Crippen MR) is 63.8 cm³/mol. The van der Waals surface area contributed by atoms with E-state index in [1.54, 1.807) is 6.07 Å². The van der Waals surface area contributed by atoms with Crippen molar-refractivity contribution >= 4 is 26.5 Å². The first-order valence-corrected chi connectivity index (χ1v) is 7.14. The predicted octanol–water partition coefficient (Wildman–Crippen LogP) is 1.67. The van der Waals surface area contributed by atoms with Gasteiger partial charge in [-0.3, -0.25) is 4.72 Å². The van der Waals surface area contributed by atoms with Gasteiger partial charge in [-0.1, -0.05) is 6.92 Å². The lowest BCUT2D eigenvalue weighted by Crippen LogP contribution is -2.23. The van der Waals surface area contributed by atoms with Crippen molar-refractivity contribution in [3.05, 3.63) is 10.6 Å². The Labute approximate surface area is 99.2 Å². The van der Waals surface area contributed by atoms with Gasteiger partial charge in [0.1, 0.15) is 0 Å². The van der Waals surface area contributed by atoms with Gasteiger partial charge >= 0.3 is 0 Å². The average Bonchev–Trinajstić information content (AvgIpc) is 2.56. The second-order valence-electron chi connectivity index (χ2n) is 3.29. The van der Waals surface area contributed by atoms with Crippen LogP contribution in [0.3, 0.4) is 0 Å². The lowest BCUT2D eigenvalue weighted by atomic mass is 10.3. The molecule has 0 radical (unpaired) electrons. The minimum atomic E-state index is -3.64. The van der Waals surface area contributed by atoms with E-state index in [2.05, 4.69) is 9.71 Å². The quantitative estimate of drug-likeness (QED) is 0.891. The molecule has 1 rings (SSSR count). The van der Waals surface area contributed by atoms with Crippen molar-refractivity contribution in [1.82, 2.24) is 4.98 Å². The van der Waals surface area contributed by atoms with Crippen molar-refractivity contribution in [2.24, 2.45) is 0 Å². The number of nitriles is 1. The molecule has 1 atom stereocenters. The molecule has 0 saturated carbocycles. The maximum absolute atomic E-state index is 11.6. The van der Waals surface area contributed by atoms with Crippen molar-refractivity contribution in [3.8, 4) is 6.07 Å². The van der Waals surface area contributed by atoms with Gasteiger partial charge in [-0.2, -0.15) is 5.26 Å². The fourth-order valence-electron chi connectivity index (χ4n) is 1.08. The summed E-state index contributed by atoms with van der Waals surface area (Å²) in [5, 5.41) is 7.82. The normalized spacial score (nSPS) is 13.1. The first-order chi connectivity index (χ1) is 7.40. The topological polar surface area (TPSA) is 82.8 Å². The van der Waals surface area contributed by atoms with Crippen molar-refractivity contribution in [2.45, 2.75) is 32.4 Å². The zero-order valence-corrected chi connectivity index (χ0v) is 10.9. The third kappa shape index (κ3) is 2.71. The van der Waals surface area contributed by atoms with Gasteiger partial charge in [-0.05, 0) is 20.3 Å². The van der Waals surface area contributed by atoms with Gasteiger partial charge in [0.2, 0.25) is 0 Å². The molecule has 1 aromatic rings. The van der Waals surface area contributed by atoms with Crippen molar-refractivity contribution in [2.75, 3.05) is 4.72 Å². The highest BCUT2D eigenvalue weighted by Crippen LogP contribution is 2.23. The van der Waals surface area contributed by atoms with Crippen LogP contribution in [0.2, 0.25) is 0 Å². The number of sulfonamides is 1. The molecule has 0 aliphatic heterocycles. The molecule has 88 valence electrons. The fraction of sp³-hybridized carbons (Fsp3) is 0.556. The fourth-order valence-corrected chi connectivity index (χ4v) is 2.95. The van der Waals surface area contributed by atoms with Crippen LogP contribution in [0.4, 0.5) is 5.13 Å². The highest BCUT2D eigenvalue weighted by Gasteiger charge is 2.21. The molecule has 0 aliphatic carbocycles. The Morgan fingerprint density at radius 3 is 2.69 bits per heavy atom. The molecular weight excluding hydrogens is 246 g/mol. The second-order valence-corrected chi connectivity index (χ2v) is 6.50. The average molecular weight is 259 g/mol. The maximum Gasteiger partial charge on any atom is 0.250 e. The third-order valence-corrected chi connectivity index (χ3v) is 4.68. The minimum Gasteiger partial charge on any atom is -0.258 e. The van der Waals surface area contributed by atoms with E-state index in [0.717, 1.165) is 17.0 Å². The largest absolute Gasteiger partial charge is 0.258 e. The number of hydrogen-bond acceptors (Lipinski definition) is 5. The number of hydrogen-bond donors (Lipinski definition) is 1. The summed E-state index contributed by atoms with van der Waals surface area (Å²) in [7, 11) is -3.64. The number of aromatic nitrogens is 1. The van der Waals surface area contributed by atoms with Gasteiger partial charge in [0.15, 0.2) is 10.4 Å². The van der Waals surface area contributed by atoms with Crippen LogP contribution in [-0.4, -0.2) is 18.7 Å². The molecule has 0 aromatic carbocycles. The van der Waals surface area contributed by atoms with E-state index < -0.39 is 15.3 Å². The van der Waals surface area contributed by atoms with E-state index in [1.807, 2.05) is 13.8 Å². The Balaban J connectivity index is 2.94. The molecule has 5 nitrogen and oxygen atoms in total. The second kappa shape index (κ2) is 4.80. The summed E-state index contributed by atoms with van der Waals surface area (Å²) in [4.78, 5) is 5.14. The highest BCUT2D eigenvalue weighted by atomic mass is 32.2. The number of nitrogens with one attached hydrogen (secondary N) is 1. The molecule has 0 fully saturated rings. The number of thiazole rings is 1. The Kier molecular flexibility index (Phi) is 3.88. The smallest absolute Gasteiger partial charge is 0.250 e. The van der Waals surface area contributed by atoms with E-state index in [1.165, 1.54) is 18.3 Å². The van der Waals surface area contributed by atoms with Crippen LogP contribution in [0, 0.1) is 18.3 Å². The Bertz CT molecular complexity index is 513. The van der Waals surface area contributed by atoms with Gasteiger partial charge in [0.25, 0.3) is 10.0 Å². The van der Waals surface area contributed by atoms with E-state index >= 15 is 0 Å². The molecule has 7 heteroatoms. The van der Waals surface area contributed by atoms with Crippen LogP contribution in [-0.2, 0) is 16.4 Å². The lowest BCUT2D eigenvalue weighted by Gasteiger charge is -2.05. The van der Waals surface area contributed by atoms with Crippen molar-refractivity contribution < 1.29 is 8.42 Å². The van der Waals surface area contributed by atoms with E-state index in [-0.39, 0.29) is 0 Å². The highest BCUT2D eigenvalue weighted by molar-refractivity contribution is 7.93. The van der Waals surface area contributed by atoms with E-state index in [9.17, 15) is 8.42 Å². The molecule has 0 aliphatic rings. The number of aryl methyl sites for hydroxylation is 2. The first kappa shape index (κ1) is 12.9. The van der Waals surface area contributed by atoms with Gasteiger partial charge in [-0.25, -0.2) is 13.4 Å². The number of rotatable bonds is 4. The van der Waals surface area contributed by atoms with Gasteiger partial charge in [0.05, 0.1) is 11.8 Å². The lowest BCUT2D eigenvalue weighted by molar-refractivity contribution is 0.597. The molecule has 0 spiro atoms. The minimum absolute atomic E-state index is 0.330.